The zero-order valence-corrected chi connectivity index (χ0v) is 12.8. The van der Waals surface area contributed by atoms with E-state index in [1.54, 1.807) is 11.8 Å². The molecule has 2 heterocycles. The molecule has 4 nitrogen and oxygen atoms in total. The van der Waals surface area contributed by atoms with Gasteiger partial charge in [-0.1, -0.05) is 42.1 Å². The van der Waals surface area contributed by atoms with E-state index in [1.165, 1.54) is 5.56 Å². The van der Waals surface area contributed by atoms with Gasteiger partial charge in [0.25, 0.3) is 0 Å². The summed E-state index contributed by atoms with van der Waals surface area (Å²) in [4.78, 5) is 4.53. The first kappa shape index (κ1) is 14.6. The maximum absolute atomic E-state index is 9.04. The minimum Gasteiger partial charge on any atom is -0.396 e. The summed E-state index contributed by atoms with van der Waals surface area (Å²) in [6, 6.07) is 10.3. The number of thioether (sulfide) groups is 1. The van der Waals surface area contributed by atoms with Crippen LogP contribution < -0.4 is 0 Å². The number of aromatic nitrogens is 2. The first-order chi connectivity index (χ1) is 10.4. The Labute approximate surface area is 129 Å². The fourth-order valence-electron chi connectivity index (χ4n) is 2.62. The highest BCUT2D eigenvalue weighted by Gasteiger charge is 2.20. The molecule has 1 aliphatic rings. The normalized spacial score (nSPS) is 18.2. The molecule has 1 fully saturated rings. The number of imidazole rings is 1. The molecule has 0 radical (unpaired) electrons. The van der Waals surface area contributed by atoms with E-state index < -0.39 is 0 Å². The van der Waals surface area contributed by atoms with E-state index >= 15 is 0 Å². The molecule has 0 saturated carbocycles. The van der Waals surface area contributed by atoms with Crippen LogP contribution in [0.15, 0.2) is 41.7 Å². The minimum atomic E-state index is 0.165. The number of hydrogen-bond acceptors (Lipinski definition) is 4. The third-order valence-corrected chi connectivity index (χ3v) is 4.59. The summed E-state index contributed by atoms with van der Waals surface area (Å²) in [5.74, 6) is 0.663. The van der Waals surface area contributed by atoms with Crippen LogP contribution in [0.3, 0.4) is 0 Å². The van der Waals surface area contributed by atoms with Crippen molar-refractivity contribution in [1.82, 2.24) is 9.55 Å². The van der Waals surface area contributed by atoms with E-state index in [2.05, 4.69) is 21.7 Å². The molecule has 1 saturated heterocycles. The molecule has 0 aliphatic carbocycles. The van der Waals surface area contributed by atoms with Crippen molar-refractivity contribution in [3.63, 3.8) is 0 Å². The zero-order chi connectivity index (χ0) is 14.5. The van der Waals surface area contributed by atoms with E-state index in [4.69, 9.17) is 9.84 Å². The monoisotopic (exact) mass is 304 g/mol. The fourth-order valence-corrected chi connectivity index (χ4v) is 3.35. The summed E-state index contributed by atoms with van der Waals surface area (Å²) in [7, 11) is 0. The van der Waals surface area contributed by atoms with E-state index in [1.807, 2.05) is 24.4 Å². The highest BCUT2D eigenvalue weighted by Crippen LogP contribution is 2.28. The van der Waals surface area contributed by atoms with Gasteiger partial charge in [0.05, 0.1) is 31.1 Å². The third-order valence-electron chi connectivity index (χ3n) is 3.62. The van der Waals surface area contributed by atoms with Gasteiger partial charge in [0.1, 0.15) is 0 Å². The number of hydrogen-bond donors (Lipinski definition) is 1. The van der Waals surface area contributed by atoms with Gasteiger partial charge in [-0.2, -0.15) is 0 Å². The van der Waals surface area contributed by atoms with Crippen LogP contribution in [-0.4, -0.2) is 39.7 Å². The molecular formula is C16H20N2O2S. The highest BCUT2D eigenvalue weighted by molar-refractivity contribution is 7.99. The molecule has 1 aromatic carbocycles. The Kier molecular flexibility index (Phi) is 4.95. The SMILES string of the molecule is OCCSc1ncc(-c2ccccc2)n1C[C@H]1CCCO1. The topological polar surface area (TPSA) is 47.3 Å². The van der Waals surface area contributed by atoms with Gasteiger partial charge in [0.15, 0.2) is 5.16 Å². The molecule has 112 valence electrons. The Bertz CT molecular complexity index is 565. The molecule has 5 heteroatoms. The van der Waals surface area contributed by atoms with Crippen molar-refractivity contribution in [1.29, 1.82) is 0 Å². The van der Waals surface area contributed by atoms with Gasteiger partial charge >= 0.3 is 0 Å². The summed E-state index contributed by atoms with van der Waals surface area (Å²) in [5, 5.41) is 10.0. The van der Waals surface area contributed by atoms with Crippen molar-refractivity contribution in [3.8, 4) is 11.3 Å². The second-order valence-electron chi connectivity index (χ2n) is 5.11. The number of aliphatic hydroxyl groups is 1. The van der Waals surface area contributed by atoms with Crippen LogP contribution in [0.1, 0.15) is 12.8 Å². The lowest BCUT2D eigenvalue weighted by Crippen LogP contribution is -2.16. The first-order valence-electron chi connectivity index (χ1n) is 7.34. The van der Waals surface area contributed by atoms with Crippen LogP contribution in [0.25, 0.3) is 11.3 Å². The van der Waals surface area contributed by atoms with Gasteiger partial charge in [-0.05, 0) is 18.4 Å². The largest absolute Gasteiger partial charge is 0.396 e. The predicted octanol–water partition coefficient (Wildman–Crippen LogP) is 2.81. The summed E-state index contributed by atoms with van der Waals surface area (Å²) in [5.41, 5.74) is 2.28. The number of ether oxygens (including phenoxy) is 1. The molecule has 1 N–H and O–H groups in total. The lowest BCUT2D eigenvalue weighted by Gasteiger charge is -2.16. The molecule has 0 bridgehead atoms. The Balaban J connectivity index is 1.89. The Morgan fingerprint density at radius 2 is 2.19 bits per heavy atom. The van der Waals surface area contributed by atoms with Crippen molar-refractivity contribution in [2.24, 2.45) is 0 Å². The maximum Gasteiger partial charge on any atom is 0.168 e. The lowest BCUT2D eigenvalue weighted by atomic mass is 10.1. The van der Waals surface area contributed by atoms with Gasteiger partial charge in [0.2, 0.25) is 0 Å². The summed E-state index contributed by atoms with van der Waals surface area (Å²) in [6.45, 7) is 1.86. The van der Waals surface area contributed by atoms with Crippen LogP contribution in [0.4, 0.5) is 0 Å². The molecule has 1 aromatic heterocycles. The number of benzene rings is 1. The standard InChI is InChI=1S/C16H20N2O2S/c19-8-10-21-16-17-11-15(13-5-2-1-3-6-13)18(16)12-14-7-4-9-20-14/h1-3,5-6,11,14,19H,4,7-10,12H2/t14-/m1/s1. The highest BCUT2D eigenvalue weighted by atomic mass is 32.2. The average Bonchev–Trinajstić information content (AvgIpc) is 3.17. The number of aliphatic hydroxyl groups excluding tert-OH is 1. The van der Waals surface area contributed by atoms with Crippen LogP contribution >= 0.6 is 11.8 Å². The average molecular weight is 304 g/mol. The molecule has 0 amide bonds. The van der Waals surface area contributed by atoms with Crippen molar-refractivity contribution in [3.05, 3.63) is 36.5 Å². The number of rotatable bonds is 6. The van der Waals surface area contributed by atoms with Crippen molar-refractivity contribution >= 4 is 11.8 Å². The zero-order valence-electron chi connectivity index (χ0n) is 11.9. The smallest absolute Gasteiger partial charge is 0.168 e. The Morgan fingerprint density at radius 1 is 1.33 bits per heavy atom. The van der Waals surface area contributed by atoms with Crippen molar-refractivity contribution in [2.75, 3.05) is 19.0 Å². The fraction of sp³-hybridized carbons (Fsp3) is 0.438. The van der Waals surface area contributed by atoms with E-state index in [-0.39, 0.29) is 12.7 Å². The molecule has 0 unspecified atom stereocenters. The van der Waals surface area contributed by atoms with Crippen LogP contribution in [0.2, 0.25) is 0 Å². The second kappa shape index (κ2) is 7.11. The molecule has 21 heavy (non-hydrogen) atoms. The van der Waals surface area contributed by atoms with E-state index in [0.717, 1.165) is 36.8 Å². The maximum atomic E-state index is 9.04. The summed E-state index contributed by atoms with van der Waals surface area (Å²) >= 11 is 1.59. The van der Waals surface area contributed by atoms with Gasteiger partial charge in [-0.3, -0.25) is 0 Å². The molecular weight excluding hydrogens is 284 g/mol. The van der Waals surface area contributed by atoms with Crippen molar-refractivity contribution < 1.29 is 9.84 Å². The molecule has 1 atom stereocenters. The summed E-state index contributed by atoms with van der Waals surface area (Å²) < 4.78 is 8.00. The van der Waals surface area contributed by atoms with Crippen LogP contribution in [0.5, 0.6) is 0 Å². The van der Waals surface area contributed by atoms with Crippen LogP contribution in [0, 0.1) is 0 Å². The predicted molar refractivity (Wildman–Crippen MR) is 84.4 cm³/mol. The second-order valence-corrected chi connectivity index (χ2v) is 6.17. The Hall–Kier alpha value is -1.30. The first-order valence-corrected chi connectivity index (χ1v) is 8.33. The van der Waals surface area contributed by atoms with Crippen molar-refractivity contribution in [2.45, 2.75) is 30.6 Å². The summed E-state index contributed by atoms with van der Waals surface area (Å²) in [6.07, 6.45) is 4.44. The van der Waals surface area contributed by atoms with E-state index in [0.29, 0.717) is 5.75 Å². The molecule has 2 aromatic rings. The quantitative estimate of drug-likeness (QED) is 0.834. The molecule has 1 aliphatic heterocycles. The third kappa shape index (κ3) is 3.48. The van der Waals surface area contributed by atoms with Crippen LogP contribution in [-0.2, 0) is 11.3 Å². The van der Waals surface area contributed by atoms with Gasteiger partial charge in [-0.25, -0.2) is 4.98 Å². The van der Waals surface area contributed by atoms with Gasteiger partial charge in [0, 0.05) is 12.4 Å². The van der Waals surface area contributed by atoms with Gasteiger partial charge < -0.3 is 14.4 Å². The Morgan fingerprint density at radius 3 is 2.90 bits per heavy atom. The van der Waals surface area contributed by atoms with E-state index in [9.17, 15) is 0 Å². The minimum absolute atomic E-state index is 0.165. The molecule has 3 rings (SSSR count). The lowest BCUT2D eigenvalue weighted by molar-refractivity contribution is 0.0954. The number of nitrogens with zero attached hydrogens (tertiary/aromatic N) is 2. The molecule has 0 spiro atoms. The van der Waals surface area contributed by atoms with Gasteiger partial charge in [-0.15, -0.1) is 0 Å².